The molecule has 0 radical (unpaired) electrons. The minimum absolute atomic E-state index is 0.0107. The molecule has 5 nitrogen and oxygen atoms in total. The second-order valence-electron chi connectivity index (χ2n) is 10.6. The van der Waals surface area contributed by atoms with Gasteiger partial charge in [0.1, 0.15) is 0 Å². The average molecular weight is 412 g/mol. The van der Waals surface area contributed by atoms with Crippen LogP contribution in [0.25, 0.3) is 0 Å². The summed E-state index contributed by atoms with van der Waals surface area (Å²) in [6, 6.07) is 9.26. The number of rotatable bonds is 6. The van der Waals surface area contributed by atoms with Crippen LogP contribution in [0.5, 0.6) is 0 Å². The number of morpholine rings is 1. The molecule has 4 bridgehead atoms. The Bertz CT molecular complexity index is 742. The third-order valence-corrected chi connectivity index (χ3v) is 8.14. The Morgan fingerprint density at radius 2 is 1.80 bits per heavy atom. The van der Waals surface area contributed by atoms with Gasteiger partial charge in [0.05, 0.1) is 13.2 Å². The fourth-order valence-corrected chi connectivity index (χ4v) is 7.27. The lowest BCUT2D eigenvalue weighted by Crippen LogP contribution is -2.65. The van der Waals surface area contributed by atoms with Crippen molar-refractivity contribution in [3.8, 4) is 0 Å². The zero-order valence-electron chi connectivity index (χ0n) is 18.4. The minimum Gasteiger partial charge on any atom is -0.379 e. The molecule has 164 valence electrons. The van der Waals surface area contributed by atoms with Crippen molar-refractivity contribution in [3.63, 3.8) is 0 Å². The molecule has 1 saturated heterocycles. The lowest BCUT2D eigenvalue weighted by Gasteiger charge is -2.62. The number of nitrogens with one attached hydrogen (secondary N) is 2. The third kappa shape index (κ3) is 4.11. The lowest BCUT2D eigenvalue weighted by molar-refractivity contribution is -0.0350. The van der Waals surface area contributed by atoms with Gasteiger partial charge < -0.3 is 15.4 Å². The Balaban J connectivity index is 1.19. The van der Waals surface area contributed by atoms with Gasteiger partial charge in [0.15, 0.2) is 0 Å². The van der Waals surface area contributed by atoms with E-state index in [2.05, 4.69) is 46.7 Å². The summed E-state index contributed by atoms with van der Waals surface area (Å²) in [5.74, 6) is 1.52. The molecule has 2 N–H and O–H groups in total. The second kappa shape index (κ2) is 8.16. The smallest absolute Gasteiger partial charge is 0.315 e. The van der Waals surface area contributed by atoms with Gasteiger partial charge in [0, 0.05) is 25.2 Å². The first-order valence-electron chi connectivity index (χ1n) is 12.0. The Labute approximate surface area is 180 Å². The van der Waals surface area contributed by atoms with Crippen molar-refractivity contribution in [3.05, 3.63) is 35.4 Å². The van der Waals surface area contributed by atoms with E-state index in [1.165, 1.54) is 30.4 Å². The maximum Gasteiger partial charge on any atom is 0.315 e. The largest absolute Gasteiger partial charge is 0.379 e. The molecule has 1 heterocycles. The molecule has 0 aromatic heterocycles. The van der Waals surface area contributed by atoms with Crippen molar-refractivity contribution in [1.82, 2.24) is 15.5 Å². The molecule has 2 atom stereocenters. The van der Waals surface area contributed by atoms with Crippen LogP contribution in [-0.4, -0.2) is 55.9 Å². The number of hydrogen-bond donors (Lipinski definition) is 2. The van der Waals surface area contributed by atoms with Crippen LogP contribution >= 0.6 is 0 Å². The number of nitrogens with zero attached hydrogens (tertiary/aromatic N) is 1. The summed E-state index contributed by atoms with van der Waals surface area (Å²) in [5.41, 5.74) is 3.08. The highest BCUT2D eigenvalue weighted by Gasteiger charge is 2.58. The summed E-state index contributed by atoms with van der Waals surface area (Å²) in [6.45, 7) is 7.64. The van der Waals surface area contributed by atoms with Gasteiger partial charge >= 0.3 is 6.03 Å². The molecule has 5 heteroatoms. The number of benzene rings is 1. The molecule has 5 aliphatic rings. The van der Waals surface area contributed by atoms with E-state index in [4.69, 9.17) is 4.74 Å². The van der Waals surface area contributed by atoms with E-state index >= 15 is 0 Å². The lowest BCUT2D eigenvalue weighted by atomic mass is 9.45. The number of carbonyl (C=O) groups excluding carboxylic acids is 1. The monoisotopic (exact) mass is 411 g/mol. The number of hydrogen-bond acceptors (Lipinski definition) is 3. The van der Waals surface area contributed by atoms with Crippen LogP contribution in [0.3, 0.4) is 0 Å². The van der Waals surface area contributed by atoms with Crippen LogP contribution in [-0.2, 0) is 10.2 Å². The number of carbonyl (C=O) groups is 1. The predicted octanol–water partition coefficient (Wildman–Crippen LogP) is 3.61. The number of ether oxygens (including phenoxy) is 1. The molecule has 1 aromatic rings. The molecule has 30 heavy (non-hydrogen) atoms. The summed E-state index contributed by atoms with van der Waals surface area (Å²) in [5, 5.41) is 6.63. The topological polar surface area (TPSA) is 53.6 Å². The van der Waals surface area contributed by atoms with E-state index in [1.807, 2.05) is 0 Å². The highest BCUT2D eigenvalue weighted by molar-refractivity contribution is 5.75. The number of urea groups is 1. The molecule has 4 saturated carbocycles. The van der Waals surface area contributed by atoms with Crippen molar-refractivity contribution in [2.24, 2.45) is 11.8 Å². The Kier molecular flexibility index (Phi) is 5.53. The summed E-state index contributed by atoms with van der Waals surface area (Å²) >= 11 is 0. The third-order valence-electron chi connectivity index (χ3n) is 8.14. The first-order valence-corrected chi connectivity index (χ1v) is 12.0. The van der Waals surface area contributed by atoms with Crippen molar-refractivity contribution >= 4 is 6.03 Å². The fourth-order valence-electron chi connectivity index (χ4n) is 7.27. The molecule has 2 unspecified atom stereocenters. The molecular formula is C25H37N3O2. The highest BCUT2D eigenvalue weighted by atomic mass is 16.5. The van der Waals surface area contributed by atoms with E-state index in [0.29, 0.717) is 0 Å². The van der Waals surface area contributed by atoms with E-state index < -0.39 is 0 Å². The van der Waals surface area contributed by atoms with Crippen LogP contribution in [0.4, 0.5) is 4.79 Å². The molecule has 6 rings (SSSR count). The zero-order valence-corrected chi connectivity index (χ0v) is 18.4. The van der Waals surface area contributed by atoms with Gasteiger partial charge in [-0.1, -0.05) is 29.8 Å². The summed E-state index contributed by atoms with van der Waals surface area (Å²) < 4.78 is 5.40. The normalized spacial score (nSPS) is 35.4. The second-order valence-corrected chi connectivity index (χ2v) is 10.6. The van der Waals surface area contributed by atoms with E-state index in [1.54, 1.807) is 0 Å². The molecule has 5 fully saturated rings. The SMILES string of the molecule is Cc1ccc(C23CC4CC(CC(NC(=O)NCCCN5CCOCC5)(C4)C2)C3)cc1. The highest BCUT2D eigenvalue weighted by Crippen LogP contribution is 2.62. The summed E-state index contributed by atoms with van der Waals surface area (Å²) in [4.78, 5) is 15.2. The summed E-state index contributed by atoms with van der Waals surface area (Å²) in [6.07, 6.45) is 8.40. The van der Waals surface area contributed by atoms with E-state index in [0.717, 1.165) is 76.9 Å². The van der Waals surface area contributed by atoms with Gasteiger partial charge in [0.2, 0.25) is 0 Å². The van der Waals surface area contributed by atoms with Crippen LogP contribution in [0.1, 0.15) is 56.1 Å². The minimum atomic E-state index is -0.0107. The number of aryl methyl sites for hydroxylation is 1. The quantitative estimate of drug-likeness (QED) is 0.703. The van der Waals surface area contributed by atoms with Crippen molar-refractivity contribution in [1.29, 1.82) is 0 Å². The standard InChI is InChI=1S/C25H37N3O2/c1-19-3-5-22(6-4-19)24-14-20-13-21(15-24)17-25(16-20,18-24)27-23(29)26-7-2-8-28-9-11-30-12-10-28/h3-6,20-21H,2,7-18H2,1H3,(H2,26,27,29). The van der Waals surface area contributed by atoms with Gasteiger partial charge in [-0.15, -0.1) is 0 Å². The van der Waals surface area contributed by atoms with Crippen molar-refractivity contribution in [2.75, 3.05) is 39.4 Å². The molecule has 1 aromatic carbocycles. The van der Waals surface area contributed by atoms with Crippen LogP contribution in [0.15, 0.2) is 24.3 Å². The Morgan fingerprint density at radius 1 is 1.10 bits per heavy atom. The average Bonchev–Trinajstić information content (AvgIpc) is 2.71. The van der Waals surface area contributed by atoms with Crippen LogP contribution < -0.4 is 10.6 Å². The van der Waals surface area contributed by atoms with Gasteiger partial charge in [-0.05, 0) is 81.2 Å². The molecule has 1 aliphatic heterocycles. The Morgan fingerprint density at radius 3 is 2.50 bits per heavy atom. The van der Waals surface area contributed by atoms with Gasteiger partial charge in [-0.25, -0.2) is 4.79 Å². The van der Waals surface area contributed by atoms with E-state index in [9.17, 15) is 4.79 Å². The molecular weight excluding hydrogens is 374 g/mol. The predicted molar refractivity (Wildman–Crippen MR) is 119 cm³/mol. The van der Waals surface area contributed by atoms with Gasteiger partial charge in [-0.2, -0.15) is 0 Å². The van der Waals surface area contributed by atoms with Crippen LogP contribution in [0, 0.1) is 18.8 Å². The first-order chi connectivity index (χ1) is 14.5. The van der Waals surface area contributed by atoms with Gasteiger partial charge in [0.25, 0.3) is 0 Å². The first kappa shape index (κ1) is 20.3. The Hall–Kier alpha value is -1.59. The van der Waals surface area contributed by atoms with Crippen molar-refractivity contribution < 1.29 is 9.53 Å². The zero-order chi connectivity index (χ0) is 20.6. The fraction of sp³-hybridized carbons (Fsp3) is 0.720. The molecule has 4 aliphatic carbocycles. The maximum atomic E-state index is 12.8. The summed E-state index contributed by atoms with van der Waals surface area (Å²) in [7, 11) is 0. The number of amides is 2. The molecule has 0 spiro atoms. The van der Waals surface area contributed by atoms with Gasteiger partial charge in [-0.3, -0.25) is 4.90 Å². The van der Waals surface area contributed by atoms with Crippen molar-refractivity contribution in [2.45, 2.75) is 62.8 Å². The van der Waals surface area contributed by atoms with Crippen LogP contribution in [0.2, 0.25) is 0 Å². The maximum absolute atomic E-state index is 12.8. The van der Waals surface area contributed by atoms with E-state index in [-0.39, 0.29) is 17.0 Å². The molecule has 2 amide bonds.